The summed E-state index contributed by atoms with van der Waals surface area (Å²) in [6.45, 7) is 0.0993. The van der Waals surface area contributed by atoms with Crippen molar-refractivity contribution in [2.24, 2.45) is 5.41 Å². The molecule has 2 fully saturated rings. The first-order valence-electron chi connectivity index (χ1n) is 8.02. The van der Waals surface area contributed by atoms with Crippen molar-refractivity contribution in [3.05, 3.63) is 35.4 Å². The third-order valence-corrected chi connectivity index (χ3v) is 5.04. The number of halogens is 3. The van der Waals surface area contributed by atoms with Gasteiger partial charge >= 0.3 is 12.1 Å². The molecule has 0 saturated carbocycles. The SMILES string of the molecule is O=C(c1cccc(C2CCOC2)c1)N1CCC(C(=O)O)(C(F)(F)F)C1. The van der Waals surface area contributed by atoms with Gasteiger partial charge in [-0.1, -0.05) is 12.1 Å². The van der Waals surface area contributed by atoms with Crippen LogP contribution in [0.1, 0.15) is 34.7 Å². The molecule has 3 rings (SSSR count). The molecule has 2 aliphatic heterocycles. The zero-order valence-electron chi connectivity index (χ0n) is 13.4. The van der Waals surface area contributed by atoms with Crippen molar-refractivity contribution in [1.82, 2.24) is 4.90 Å². The van der Waals surface area contributed by atoms with E-state index in [-0.39, 0.29) is 18.0 Å². The molecule has 136 valence electrons. The third kappa shape index (κ3) is 3.10. The summed E-state index contributed by atoms with van der Waals surface area (Å²) < 4.78 is 45.0. The molecule has 1 amide bonds. The van der Waals surface area contributed by atoms with E-state index in [2.05, 4.69) is 0 Å². The first kappa shape index (κ1) is 17.7. The van der Waals surface area contributed by atoms with Gasteiger partial charge in [-0.15, -0.1) is 0 Å². The number of carboxylic acids is 1. The van der Waals surface area contributed by atoms with Crippen LogP contribution in [0.15, 0.2) is 24.3 Å². The van der Waals surface area contributed by atoms with E-state index in [1.54, 1.807) is 12.1 Å². The number of hydrogen-bond donors (Lipinski definition) is 1. The molecule has 0 spiro atoms. The minimum absolute atomic E-state index is 0.166. The molecule has 0 bridgehead atoms. The molecule has 2 saturated heterocycles. The largest absolute Gasteiger partial charge is 0.481 e. The Bertz CT molecular complexity index is 685. The number of benzene rings is 1. The Morgan fingerprint density at radius 3 is 2.64 bits per heavy atom. The third-order valence-electron chi connectivity index (χ3n) is 5.04. The summed E-state index contributed by atoms with van der Waals surface area (Å²) >= 11 is 0. The van der Waals surface area contributed by atoms with Gasteiger partial charge in [-0.2, -0.15) is 13.2 Å². The summed E-state index contributed by atoms with van der Waals surface area (Å²) in [6.07, 6.45) is -4.71. The summed E-state index contributed by atoms with van der Waals surface area (Å²) in [4.78, 5) is 24.8. The monoisotopic (exact) mass is 357 g/mol. The molecule has 0 aromatic heterocycles. The molecule has 2 unspecified atom stereocenters. The van der Waals surface area contributed by atoms with Crippen molar-refractivity contribution in [3.8, 4) is 0 Å². The highest BCUT2D eigenvalue weighted by Crippen LogP contribution is 2.46. The number of ether oxygens (including phenoxy) is 1. The first-order chi connectivity index (χ1) is 11.7. The van der Waals surface area contributed by atoms with Gasteiger partial charge in [0.25, 0.3) is 5.91 Å². The molecule has 2 atom stereocenters. The number of carboxylic acid groups (broad SMARTS) is 1. The highest BCUT2D eigenvalue weighted by molar-refractivity contribution is 5.95. The van der Waals surface area contributed by atoms with E-state index < -0.39 is 36.4 Å². The number of alkyl halides is 3. The number of likely N-dealkylation sites (tertiary alicyclic amines) is 1. The Kier molecular flexibility index (Phi) is 4.49. The van der Waals surface area contributed by atoms with Gasteiger partial charge in [0.1, 0.15) is 0 Å². The summed E-state index contributed by atoms with van der Waals surface area (Å²) in [5, 5.41) is 9.09. The number of rotatable bonds is 3. The van der Waals surface area contributed by atoms with Crippen LogP contribution >= 0.6 is 0 Å². The molecule has 25 heavy (non-hydrogen) atoms. The quantitative estimate of drug-likeness (QED) is 0.903. The zero-order chi connectivity index (χ0) is 18.2. The van der Waals surface area contributed by atoms with Gasteiger partial charge in [0.2, 0.25) is 0 Å². The maximum Gasteiger partial charge on any atom is 0.406 e. The van der Waals surface area contributed by atoms with Crippen molar-refractivity contribution in [1.29, 1.82) is 0 Å². The number of aliphatic carboxylic acids is 1. The van der Waals surface area contributed by atoms with Crippen molar-refractivity contribution in [3.63, 3.8) is 0 Å². The maximum absolute atomic E-state index is 13.2. The lowest BCUT2D eigenvalue weighted by Crippen LogP contribution is -2.47. The average molecular weight is 357 g/mol. The fraction of sp³-hybridized carbons (Fsp3) is 0.529. The predicted octanol–water partition coefficient (Wildman–Crippen LogP) is 2.67. The van der Waals surface area contributed by atoms with Crippen molar-refractivity contribution in [2.45, 2.75) is 24.9 Å². The fourth-order valence-electron chi connectivity index (χ4n) is 3.42. The summed E-state index contributed by atoms with van der Waals surface area (Å²) in [6, 6.07) is 6.74. The Morgan fingerprint density at radius 1 is 1.32 bits per heavy atom. The molecule has 0 radical (unpaired) electrons. The van der Waals surface area contributed by atoms with Crippen LogP contribution < -0.4 is 0 Å². The van der Waals surface area contributed by atoms with Crippen molar-refractivity contribution in [2.75, 3.05) is 26.3 Å². The molecular formula is C17H18F3NO4. The van der Waals surface area contributed by atoms with E-state index in [1.165, 1.54) is 6.07 Å². The lowest BCUT2D eigenvalue weighted by Gasteiger charge is -2.27. The molecule has 2 aliphatic rings. The molecule has 2 heterocycles. The Labute approximate surface area is 142 Å². The highest BCUT2D eigenvalue weighted by Gasteiger charge is 2.64. The Balaban J connectivity index is 1.80. The van der Waals surface area contributed by atoms with Gasteiger partial charge in [-0.05, 0) is 30.5 Å². The number of nitrogens with zero attached hydrogens (tertiary/aromatic N) is 1. The van der Waals surface area contributed by atoms with Crippen LogP contribution in [0.5, 0.6) is 0 Å². The van der Waals surface area contributed by atoms with Gasteiger partial charge in [0, 0.05) is 31.2 Å². The maximum atomic E-state index is 13.2. The van der Waals surface area contributed by atoms with Gasteiger partial charge in [-0.25, -0.2) is 0 Å². The van der Waals surface area contributed by atoms with Gasteiger partial charge in [-0.3, -0.25) is 9.59 Å². The van der Waals surface area contributed by atoms with Gasteiger partial charge < -0.3 is 14.7 Å². The summed E-state index contributed by atoms with van der Waals surface area (Å²) in [7, 11) is 0. The highest BCUT2D eigenvalue weighted by atomic mass is 19.4. The van der Waals surface area contributed by atoms with E-state index in [1.807, 2.05) is 6.07 Å². The zero-order valence-corrected chi connectivity index (χ0v) is 13.4. The molecule has 1 aromatic carbocycles. The summed E-state index contributed by atoms with van der Waals surface area (Å²) in [5.74, 6) is -2.35. The molecular weight excluding hydrogens is 339 g/mol. The van der Waals surface area contributed by atoms with Gasteiger partial charge in [0.05, 0.1) is 6.61 Å². The standard InChI is InChI=1S/C17H18F3NO4/c18-17(19,20)16(15(23)24)5-6-21(10-16)14(22)12-3-1-2-11(8-12)13-4-7-25-9-13/h1-3,8,13H,4-7,9-10H2,(H,23,24). The van der Waals surface area contributed by atoms with Crippen LogP contribution in [0.25, 0.3) is 0 Å². The van der Waals surface area contributed by atoms with E-state index in [0.29, 0.717) is 13.2 Å². The predicted molar refractivity (Wildman–Crippen MR) is 81.3 cm³/mol. The van der Waals surface area contributed by atoms with Crippen LogP contribution in [0.3, 0.4) is 0 Å². The topological polar surface area (TPSA) is 66.8 Å². The lowest BCUT2D eigenvalue weighted by molar-refractivity contribution is -0.227. The van der Waals surface area contributed by atoms with Crippen molar-refractivity contribution >= 4 is 11.9 Å². The normalized spacial score (nSPS) is 26.8. The summed E-state index contributed by atoms with van der Waals surface area (Å²) in [5.41, 5.74) is -1.71. The lowest BCUT2D eigenvalue weighted by atomic mass is 9.86. The molecule has 1 aromatic rings. The molecule has 8 heteroatoms. The molecule has 1 N–H and O–H groups in total. The van der Waals surface area contributed by atoms with Gasteiger partial charge in [0.15, 0.2) is 5.41 Å². The van der Waals surface area contributed by atoms with Crippen LogP contribution in [0.4, 0.5) is 13.2 Å². The number of carbonyl (C=O) groups excluding carboxylic acids is 1. The van der Waals surface area contributed by atoms with Crippen LogP contribution in [-0.4, -0.2) is 54.4 Å². The van der Waals surface area contributed by atoms with Crippen molar-refractivity contribution < 1.29 is 32.6 Å². The molecule has 0 aliphatic carbocycles. The second-order valence-electron chi connectivity index (χ2n) is 6.55. The number of carbonyl (C=O) groups is 2. The fourth-order valence-corrected chi connectivity index (χ4v) is 3.42. The van der Waals surface area contributed by atoms with E-state index in [4.69, 9.17) is 9.84 Å². The van der Waals surface area contributed by atoms with Crippen LogP contribution in [0, 0.1) is 5.41 Å². The minimum atomic E-state index is -4.91. The van der Waals surface area contributed by atoms with E-state index in [0.717, 1.165) is 16.9 Å². The number of amides is 1. The first-order valence-corrected chi connectivity index (χ1v) is 8.02. The average Bonchev–Trinajstić information content (AvgIpc) is 3.24. The Morgan fingerprint density at radius 2 is 2.08 bits per heavy atom. The smallest absolute Gasteiger partial charge is 0.406 e. The minimum Gasteiger partial charge on any atom is -0.481 e. The van der Waals surface area contributed by atoms with E-state index >= 15 is 0 Å². The second kappa shape index (κ2) is 6.33. The van der Waals surface area contributed by atoms with Crippen LogP contribution in [-0.2, 0) is 9.53 Å². The molecule has 5 nitrogen and oxygen atoms in total. The second-order valence-corrected chi connectivity index (χ2v) is 6.55. The Hall–Kier alpha value is -2.09. The number of hydrogen-bond acceptors (Lipinski definition) is 3. The van der Waals surface area contributed by atoms with Crippen LogP contribution in [0.2, 0.25) is 0 Å². The van der Waals surface area contributed by atoms with E-state index in [9.17, 15) is 22.8 Å².